The highest BCUT2D eigenvalue weighted by Crippen LogP contribution is 2.39. The van der Waals surface area contributed by atoms with Crippen molar-refractivity contribution in [3.8, 4) is 0 Å². The highest BCUT2D eigenvalue weighted by Gasteiger charge is 2.51. The quantitative estimate of drug-likeness (QED) is 0.323. The third-order valence-corrected chi connectivity index (χ3v) is 5.66. The number of nitrogens with one attached hydrogen (secondary N) is 1. The number of para-hydroxylation sites is 1. The molecule has 1 aliphatic carbocycles. The van der Waals surface area contributed by atoms with Crippen LogP contribution in [-0.4, -0.2) is 46.2 Å². The van der Waals surface area contributed by atoms with Crippen LogP contribution in [0.25, 0.3) is 0 Å². The Balaban J connectivity index is 1.61. The summed E-state index contributed by atoms with van der Waals surface area (Å²) in [5.74, 6) is -3.15. The van der Waals surface area contributed by atoms with Gasteiger partial charge in [-0.3, -0.25) is 29.4 Å². The summed E-state index contributed by atoms with van der Waals surface area (Å²) in [7, 11) is 0. The number of ether oxygens (including phenoxy) is 1. The summed E-state index contributed by atoms with van der Waals surface area (Å²) in [5.41, 5.74) is 0.220. The van der Waals surface area contributed by atoms with Crippen LogP contribution in [-0.2, 0) is 23.9 Å². The average Bonchev–Trinajstić information content (AvgIpc) is 2.97. The van der Waals surface area contributed by atoms with Crippen molar-refractivity contribution in [3.05, 3.63) is 33.9 Å². The Bertz CT molecular complexity index is 890. The molecule has 3 amide bonds. The van der Waals surface area contributed by atoms with Gasteiger partial charge in [0.2, 0.25) is 11.8 Å². The predicted molar refractivity (Wildman–Crippen MR) is 104 cm³/mol. The first kappa shape index (κ1) is 21.4. The molecule has 0 radical (unpaired) electrons. The fraction of sp³-hybridized carbons (Fsp3) is 0.500. The van der Waals surface area contributed by atoms with Gasteiger partial charge < -0.3 is 10.1 Å². The molecule has 1 aromatic carbocycles. The van der Waals surface area contributed by atoms with E-state index in [2.05, 4.69) is 5.32 Å². The van der Waals surface area contributed by atoms with Crippen molar-refractivity contribution < 1.29 is 28.8 Å². The molecular weight excluding hydrogens is 394 g/mol. The van der Waals surface area contributed by atoms with Crippen LogP contribution in [0, 0.1) is 28.9 Å². The summed E-state index contributed by atoms with van der Waals surface area (Å²) in [6, 6.07) is 3.20. The Morgan fingerprint density at radius 2 is 1.83 bits per heavy atom. The molecule has 0 aromatic heterocycles. The number of fused-ring (bicyclic) bond motifs is 1. The predicted octanol–water partition coefficient (Wildman–Crippen LogP) is 1.95. The lowest BCUT2D eigenvalue weighted by Crippen LogP contribution is -2.45. The van der Waals surface area contributed by atoms with Gasteiger partial charge in [-0.1, -0.05) is 25.0 Å². The van der Waals surface area contributed by atoms with Crippen LogP contribution in [0.2, 0.25) is 0 Å². The van der Waals surface area contributed by atoms with Crippen LogP contribution in [0.1, 0.15) is 38.2 Å². The van der Waals surface area contributed by atoms with Crippen molar-refractivity contribution in [2.24, 2.45) is 11.8 Å². The molecule has 1 saturated heterocycles. The van der Waals surface area contributed by atoms with E-state index in [4.69, 9.17) is 4.74 Å². The number of imide groups is 1. The number of nitro groups is 1. The molecule has 0 unspecified atom stereocenters. The minimum absolute atomic E-state index is 0.0190. The smallest absolute Gasteiger partial charge is 0.329 e. The highest BCUT2D eigenvalue weighted by molar-refractivity contribution is 6.08. The zero-order chi connectivity index (χ0) is 22.0. The van der Waals surface area contributed by atoms with E-state index in [-0.39, 0.29) is 35.0 Å². The number of rotatable bonds is 6. The maximum Gasteiger partial charge on any atom is 0.329 e. The number of nitro benzene ring substituents is 1. The van der Waals surface area contributed by atoms with Gasteiger partial charge in [-0.25, -0.2) is 4.79 Å². The number of benzene rings is 1. The number of anilines is 1. The molecule has 10 nitrogen and oxygen atoms in total. The summed E-state index contributed by atoms with van der Waals surface area (Å²) < 4.78 is 4.97. The van der Waals surface area contributed by atoms with Crippen LogP contribution >= 0.6 is 0 Å². The molecule has 2 aliphatic rings. The van der Waals surface area contributed by atoms with Gasteiger partial charge in [0.15, 0.2) is 6.61 Å². The molecule has 1 heterocycles. The molecule has 1 aromatic rings. The first-order chi connectivity index (χ1) is 14.2. The van der Waals surface area contributed by atoms with E-state index < -0.39 is 29.4 Å². The summed E-state index contributed by atoms with van der Waals surface area (Å²) >= 11 is 0. The third-order valence-electron chi connectivity index (χ3n) is 5.66. The Hall–Kier alpha value is -3.30. The van der Waals surface area contributed by atoms with Gasteiger partial charge in [0.25, 0.3) is 11.6 Å². The third kappa shape index (κ3) is 4.03. The number of hydrogen-bond donors (Lipinski definition) is 1. The minimum atomic E-state index is -1.14. The minimum Gasteiger partial charge on any atom is -0.454 e. The van der Waals surface area contributed by atoms with Crippen LogP contribution in [0.4, 0.5) is 11.4 Å². The number of carbonyl (C=O) groups excluding carboxylic acids is 4. The highest BCUT2D eigenvalue weighted by atomic mass is 16.6. The molecule has 160 valence electrons. The van der Waals surface area contributed by atoms with Gasteiger partial charge in [0.05, 0.1) is 16.8 Å². The zero-order valence-electron chi connectivity index (χ0n) is 16.8. The normalized spacial score (nSPS) is 21.7. The van der Waals surface area contributed by atoms with Gasteiger partial charge in [-0.2, -0.15) is 0 Å². The number of esters is 1. The van der Waals surface area contributed by atoms with Crippen LogP contribution in [0.15, 0.2) is 18.2 Å². The Morgan fingerprint density at radius 1 is 1.23 bits per heavy atom. The maximum atomic E-state index is 12.6. The van der Waals surface area contributed by atoms with E-state index in [1.54, 1.807) is 13.0 Å². The van der Waals surface area contributed by atoms with Gasteiger partial charge in [-0.05, 0) is 32.3 Å². The second-order valence-electron chi connectivity index (χ2n) is 7.60. The second-order valence-corrected chi connectivity index (χ2v) is 7.60. The summed E-state index contributed by atoms with van der Waals surface area (Å²) in [6.45, 7) is 2.29. The zero-order valence-corrected chi connectivity index (χ0v) is 16.8. The van der Waals surface area contributed by atoms with Crippen molar-refractivity contribution in [1.29, 1.82) is 0 Å². The fourth-order valence-corrected chi connectivity index (χ4v) is 4.07. The van der Waals surface area contributed by atoms with Crippen molar-refractivity contribution in [2.75, 3.05) is 11.9 Å². The number of likely N-dealkylation sites (tertiary alicyclic amines) is 1. The van der Waals surface area contributed by atoms with Crippen molar-refractivity contribution in [1.82, 2.24) is 4.90 Å². The van der Waals surface area contributed by atoms with Crippen LogP contribution < -0.4 is 5.32 Å². The van der Waals surface area contributed by atoms with Gasteiger partial charge in [0, 0.05) is 6.07 Å². The van der Waals surface area contributed by atoms with E-state index in [9.17, 15) is 29.3 Å². The lowest BCUT2D eigenvalue weighted by molar-refractivity contribution is -0.384. The Morgan fingerprint density at radius 3 is 2.40 bits per heavy atom. The molecule has 0 spiro atoms. The Labute approximate surface area is 172 Å². The first-order valence-corrected chi connectivity index (χ1v) is 9.79. The van der Waals surface area contributed by atoms with Gasteiger partial charge >= 0.3 is 5.97 Å². The van der Waals surface area contributed by atoms with Crippen LogP contribution in [0.5, 0.6) is 0 Å². The molecule has 0 bridgehead atoms. The van der Waals surface area contributed by atoms with E-state index in [0.717, 1.165) is 17.7 Å². The second kappa shape index (κ2) is 8.60. The topological polar surface area (TPSA) is 136 Å². The maximum absolute atomic E-state index is 12.6. The number of carbonyl (C=O) groups is 4. The fourth-order valence-electron chi connectivity index (χ4n) is 4.07. The van der Waals surface area contributed by atoms with Crippen molar-refractivity contribution >= 4 is 35.1 Å². The average molecular weight is 417 g/mol. The SMILES string of the molecule is Cc1cccc([N+](=O)[O-])c1NC(=O)COC(=O)[C@H](C)N1C(=O)[C@H]2CCCC[C@@H]2C1=O. The van der Waals surface area contributed by atoms with Gasteiger partial charge in [-0.15, -0.1) is 0 Å². The molecule has 3 atom stereocenters. The van der Waals surface area contributed by atoms with E-state index in [0.29, 0.717) is 18.4 Å². The molecule has 10 heteroatoms. The lowest BCUT2D eigenvalue weighted by atomic mass is 9.81. The number of aryl methyl sites for hydroxylation is 1. The van der Waals surface area contributed by atoms with Crippen LogP contribution in [0.3, 0.4) is 0 Å². The number of nitrogens with zero attached hydrogens (tertiary/aromatic N) is 2. The molecule has 1 aliphatic heterocycles. The number of amides is 3. The monoisotopic (exact) mass is 417 g/mol. The van der Waals surface area contributed by atoms with E-state index >= 15 is 0 Å². The molecule has 1 saturated carbocycles. The van der Waals surface area contributed by atoms with E-state index in [1.807, 2.05) is 0 Å². The van der Waals surface area contributed by atoms with Crippen molar-refractivity contribution in [3.63, 3.8) is 0 Å². The number of hydrogen-bond acceptors (Lipinski definition) is 7. The standard InChI is InChI=1S/C20H23N3O7/c1-11-6-5-9-15(23(28)29)17(11)21-16(24)10-30-20(27)12(2)22-18(25)13-7-3-4-8-14(13)19(22)26/h5-6,9,12-14H,3-4,7-8,10H2,1-2H3,(H,21,24)/t12-,13-,14-/m0/s1. The molecule has 1 N–H and O–H groups in total. The largest absolute Gasteiger partial charge is 0.454 e. The molecule has 30 heavy (non-hydrogen) atoms. The molecule has 2 fully saturated rings. The summed E-state index contributed by atoms with van der Waals surface area (Å²) in [5, 5.41) is 13.5. The molecule has 3 rings (SSSR count). The Kier molecular flexibility index (Phi) is 6.14. The molecular formula is C20H23N3O7. The van der Waals surface area contributed by atoms with Gasteiger partial charge in [0.1, 0.15) is 11.7 Å². The summed E-state index contributed by atoms with van der Waals surface area (Å²) in [6.07, 6.45) is 3.01. The van der Waals surface area contributed by atoms with E-state index in [1.165, 1.54) is 19.1 Å². The van der Waals surface area contributed by atoms with Crippen molar-refractivity contribution in [2.45, 2.75) is 45.6 Å². The first-order valence-electron chi connectivity index (χ1n) is 9.79. The summed E-state index contributed by atoms with van der Waals surface area (Å²) in [4.78, 5) is 61.1. The lowest BCUT2D eigenvalue weighted by Gasteiger charge is -2.21.